The minimum absolute atomic E-state index is 0.375. The summed E-state index contributed by atoms with van der Waals surface area (Å²) in [5.74, 6) is 0. The molecule has 0 aromatic rings. The SMILES string of the molecule is C1COCOC1.C1OCOCO1. The second-order valence-electron chi connectivity index (χ2n) is 2.25. The molecule has 0 N–H and O–H groups in total. The lowest BCUT2D eigenvalue weighted by molar-refractivity contribution is -0.247. The molecule has 2 heterocycles. The van der Waals surface area contributed by atoms with Crippen LogP contribution >= 0.6 is 0 Å². The first-order valence-electron chi connectivity index (χ1n) is 3.89. The van der Waals surface area contributed by atoms with Gasteiger partial charge >= 0.3 is 0 Å². The first-order valence-corrected chi connectivity index (χ1v) is 3.89. The standard InChI is InChI=1S/C4H8O2.C3H6O3/c1-2-5-4-6-3-1;1-4-2-6-3-5-1/h1-4H2;1-3H2. The molecular weight excluding hydrogens is 164 g/mol. The van der Waals surface area contributed by atoms with E-state index in [9.17, 15) is 0 Å². The molecule has 0 bridgehead atoms. The molecule has 2 aliphatic heterocycles. The van der Waals surface area contributed by atoms with Crippen molar-refractivity contribution in [3.8, 4) is 0 Å². The molecule has 0 amide bonds. The van der Waals surface area contributed by atoms with Gasteiger partial charge in [-0.2, -0.15) is 0 Å². The van der Waals surface area contributed by atoms with Gasteiger partial charge in [0.1, 0.15) is 6.79 Å². The lowest BCUT2D eigenvalue weighted by Crippen LogP contribution is -2.14. The summed E-state index contributed by atoms with van der Waals surface area (Å²) in [4.78, 5) is 0. The van der Waals surface area contributed by atoms with E-state index in [1.807, 2.05) is 0 Å². The number of ether oxygens (including phenoxy) is 5. The van der Waals surface area contributed by atoms with Crippen LogP contribution in [-0.2, 0) is 23.7 Å². The van der Waals surface area contributed by atoms with Crippen molar-refractivity contribution in [2.24, 2.45) is 0 Å². The second kappa shape index (κ2) is 7.45. The van der Waals surface area contributed by atoms with Crippen LogP contribution in [0.4, 0.5) is 0 Å². The molecule has 2 rings (SSSR count). The minimum Gasteiger partial charge on any atom is -0.355 e. The third-order valence-electron chi connectivity index (χ3n) is 1.24. The Morgan fingerprint density at radius 2 is 0.917 bits per heavy atom. The van der Waals surface area contributed by atoms with E-state index in [0.29, 0.717) is 27.2 Å². The average molecular weight is 178 g/mol. The van der Waals surface area contributed by atoms with Crippen LogP contribution in [0.25, 0.3) is 0 Å². The van der Waals surface area contributed by atoms with E-state index in [4.69, 9.17) is 9.47 Å². The molecular formula is C7H14O5. The Morgan fingerprint density at radius 1 is 0.500 bits per heavy atom. The van der Waals surface area contributed by atoms with Crippen molar-refractivity contribution in [2.45, 2.75) is 6.42 Å². The number of hydrogen-bond donors (Lipinski definition) is 0. The van der Waals surface area contributed by atoms with Crippen molar-refractivity contribution >= 4 is 0 Å². The summed E-state index contributed by atoms with van der Waals surface area (Å²) >= 11 is 0. The van der Waals surface area contributed by atoms with Crippen molar-refractivity contribution in [1.29, 1.82) is 0 Å². The summed E-state index contributed by atoms with van der Waals surface area (Å²) in [6.45, 7) is 3.38. The van der Waals surface area contributed by atoms with E-state index in [0.717, 1.165) is 19.6 Å². The Hall–Kier alpha value is -0.200. The highest BCUT2D eigenvalue weighted by Crippen LogP contribution is 1.91. The quantitative estimate of drug-likeness (QED) is 0.534. The van der Waals surface area contributed by atoms with Gasteiger partial charge in [0.25, 0.3) is 0 Å². The molecule has 12 heavy (non-hydrogen) atoms. The van der Waals surface area contributed by atoms with Gasteiger partial charge in [0.05, 0.1) is 13.2 Å². The fourth-order valence-corrected chi connectivity index (χ4v) is 0.719. The molecule has 5 nitrogen and oxygen atoms in total. The molecule has 0 spiro atoms. The molecule has 0 unspecified atom stereocenters. The van der Waals surface area contributed by atoms with Gasteiger partial charge in [-0.15, -0.1) is 0 Å². The Bertz CT molecular complexity index is 54.8. The van der Waals surface area contributed by atoms with Gasteiger partial charge in [0.15, 0.2) is 20.4 Å². The van der Waals surface area contributed by atoms with Crippen molar-refractivity contribution in [1.82, 2.24) is 0 Å². The van der Waals surface area contributed by atoms with Gasteiger partial charge in [-0.1, -0.05) is 0 Å². The fourth-order valence-electron chi connectivity index (χ4n) is 0.719. The fraction of sp³-hybridized carbons (Fsp3) is 1.00. The van der Waals surface area contributed by atoms with Gasteiger partial charge < -0.3 is 23.7 Å². The molecule has 0 saturated carbocycles. The largest absolute Gasteiger partial charge is 0.355 e. The van der Waals surface area contributed by atoms with Crippen LogP contribution in [0.3, 0.4) is 0 Å². The molecule has 2 saturated heterocycles. The van der Waals surface area contributed by atoms with Gasteiger partial charge in [-0.3, -0.25) is 0 Å². The van der Waals surface area contributed by atoms with Crippen molar-refractivity contribution in [2.75, 3.05) is 40.4 Å². The monoisotopic (exact) mass is 178 g/mol. The van der Waals surface area contributed by atoms with Crippen LogP contribution in [0.2, 0.25) is 0 Å². The molecule has 0 aromatic carbocycles. The third-order valence-corrected chi connectivity index (χ3v) is 1.24. The number of rotatable bonds is 0. The maximum Gasteiger partial charge on any atom is 0.152 e. The summed E-state index contributed by atoms with van der Waals surface area (Å²) in [5, 5.41) is 0. The van der Waals surface area contributed by atoms with Gasteiger partial charge in [-0.05, 0) is 6.42 Å². The Labute approximate surface area is 71.5 Å². The highest BCUT2D eigenvalue weighted by molar-refractivity contribution is 4.34. The average Bonchev–Trinajstić information content (AvgIpc) is 2.24. The molecule has 2 fully saturated rings. The van der Waals surface area contributed by atoms with Crippen LogP contribution in [0, 0.1) is 0 Å². The maximum atomic E-state index is 4.85. The highest BCUT2D eigenvalue weighted by atomic mass is 16.8. The molecule has 0 aromatic heterocycles. The topological polar surface area (TPSA) is 46.2 Å². The Kier molecular flexibility index (Phi) is 6.14. The smallest absolute Gasteiger partial charge is 0.152 e. The van der Waals surface area contributed by atoms with Crippen molar-refractivity contribution in [3.63, 3.8) is 0 Å². The lowest BCUT2D eigenvalue weighted by atomic mass is 10.5. The van der Waals surface area contributed by atoms with E-state index in [1.54, 1.807) is 0 Å². The zero-order valence-corrected chi connectivity index (χ0v) is 6.99. The maximum absolute atomic E-state index is 4.85. The van der Waals surface area contributed by atoms with E-state index in [-0.39, 0.29) is 0 Å². The summed E-state index contributed by atoms with van der Waals surface area (Å²) in [7, 11) is 0. The summed E-state index contributed by atoms with van der Waals surface area (Å²) in [6, 6.07) is 0. The number of hydrogen-bond acceptors (Lipinski definition) is 5. The lowest BCUT2D eigenvalue weighted by Gasteiger charge is -2.10. The Morgan fingerprint density at radius 3 is 1.08 bits per heavy atom. The summed E-state index contributed by atoms with van der Waals surface area (Å²) in [6.07, 6.45) is 1.06. The second-order valence-corrected chi connectivity index (χ2v) is 2.25. The Balaban J connectivity index is 0.000000120. The van der Waals surface area contributed by atoms with Crippen LogP contribution in [-0.4, -0.2) is 40.4 Å². The molecule has 0 aliphatic carbocycles. The first kappa shape index (κ1) is 9.88. The highest BCUT2D eigenvalue weighted by Gasteiger charge is 1.94. The minimum atomic E-state index is 0.375. The summed E-state index contributed by atoms with van der Waals surface area (Å²) < 4.78 is 23.6. The molecule has 0 atom stereocenters. The predicted octanol–water partition coefficient (Wildman–Crippen LogP) is 0.303. The van der Waals surface area contributed by atoms with Crippen molar-refractivity contribution < 1.29 is 23.7 Å². The van der Waals surface area contributed by atoms with Crippen LogP contribution in [0.15, 0.2) is 0 Å². The summed E-state index contributed by atoms with van der Waals surface area (Å²) in [5.41, 5.74) is 0. The van der Waals surface area contributed by atoms with E-state index < -0.39 is 0 Å². The van der Waals surface area contributed by atoms with Gasteiger partial charge in [0, 0.05) is 0 Å². The van der Waals surface area contributed by atoms with Crippen molar-refractivity contribution in [3.05, 3.63) is 0 Å². The molecule has 72 valence electrons. The zero-order chi connectivity index (χ0) is 8.49. The van der Waals surface area contributed by atoms with Gasteiger partial charge in [0.2, 0.25) is 0 Å². The molecule has 0 radical (unpaired) electrons. The van der Waals surface area contributed by atoms with Crippen LogP contribution < -0.4 is 0 Å². The van der Waals surface area contributed by atoms with E-state index in [2.05, 4.69) is 14.2 Å². The molecule has 2 aliphatic rings. The molecule has 5 heteroatoms. The third kappa shape index (κ3) is 5.45. The van der Waals surface area contributed by atoms with Gasteiger partial charge in [-0.25, -0.2) is 0 Å². The zero-order valence-electron chi connectivity index (χ0n) is 6.99. The normalized spacial score (nSPS) is 24.0. The van der Waals surface area contributed by atoms with Crippen LogP contribution in [0.5, 0.6) is 0 Å². The van der Waals surface area contributed by atoms with E-state index >= 15 is 0 Å². The predicted molar refractivity (Wildman–Crippen MR) is 39.2 cm³/mol. The van der Waals surface area contributed by atoms with E-state index in [1.165, 1.54) is 0 Å². The van der Waals surface area contributed by atoms with Crippen LogP contribution in [0.1, 0.15) is 6.42 Å². The first-order chi connectivity index (χ1) is 6.00.